The minimum absolute atomic E-state index is 0.245. The highest BCUT2D eigenvalue weighted by Gasteiger charge is 2.30. The average molecular weight is 263 g/mol. The van der Waals surface area contributed by atoms with Gasteiger partial charge in [0.05, 0.1) is 0 Å². The molecule has 0 unspecified atom stereocenters. The fraction of sp³-hybridized carbons (Fsp3) is 0.533. The second kappa shape index (κ2) is 5.59. The van der Waals surface area contributed by atoms with Crippen LogP contribution < -0.4 is 4.90 Å². The van der Waals surface area contributed by atoms with Crippen molar-refractivity contribution in [3.05, 3.63) is 36.2 Å². The maximum Gasteiger partial charge on any atom is 0.128 e. The molecule has 2 heterocycles. The number of allylic oxidation sites excluding steroid dienone is 1. The molecule has 0 amide bonds. The lowest BCUT2D eigenvalue weighted by atomic mass is 10.1. The lowest BCUT2D eigenvalue weighted by Gasteiger charge is -2.46. The first-order valence-corrected chi connectivity index (χ1v) is 6.72. The Labute approximate surface area is 114 Å². The summed E-state index contributed by atoms with van der Waals surface area (Å²) in [7, 11) is 0. The molecule has 0 aliphatic carbocycles. The Morgan fingerprint density at radius 2 is 2.00 bits per heavy atom. The Balaban J connectivity index is 2.13. The van der Waals surface area contributed by atoms with Crippen LogP contribution in [0.3, 0.4) is 0 Å². The van der Waals surface area contributed by atoms with Crippen LogP contribution in [0.25, 0.3) is 0 Å². The molecule has 104 valence electrons. The van der Waals surface area contributed by atoms with E-state index in [1.807, 2.05) is 13.1 Å². The number of alkyl halides is 1. The van der Waals surface area contributed by atoms with Crippen molar-refractivity contribution in [3.8, 4) is 0 Å². The van der Waals surface area contributed by atoms with Gasteiger partial charge in [-0.25, -0.2) is 9.37 Å². The van der Waals surface area contributed by atoms with Crippen LogP contribution in [0.2, 0.25) is 0 Å². The summed E-state index contributed by atoms with van der Waals surface area (Å²) in [6, 6.07) is 4.61. The maximum atomic E-state index is 12.8. The van der Waals surface area contributed by atoms with Crippen molar-refractivity contribution in [1.82, 2.24) is 9.88 Å². The number of aromatic nitrogens is 1. The van der Waals surface area contributed by atoms with Gasteiger partial charge in [0, 0.05) is 37.1 Å². The van der Waals surface area contributed by atoms with E-state index in [4.69, 9.17) is 0 Å². The fourth-order valence-electron chi connectivity index (χ4n) is 2.85. The Bertz CT molecular complexity index is 431. The summed E-state index contributed by atoms with van der Waals surface area (Å²) in [5.74, 6) is 0.995. The average Bonchev–Trinajstić information content (AvgIpc) is 2.38. The summed E-state index contributed by atoms with van der Waals surface area (Å²) in [6.45, 7) is 11.3. The van der Waals surface area contributed by atoms with Crippen molar-refractivity contribution in [1.29, 1.82) is 0 Å². The number of anilines is 1. The van der Waals surface area contributed by atoms with Crippen LogP contribution in [0, 0.1) is 6.92 Å². The minimum atomic E-state index is -0.475. The first-order valence-electron chi connectivity index (χ1n) is 6.72. The molecule has 0 aromatic carbocycles. The maximum absolute atomic E-state index is 12.8. The zero-order valence-electron chi connectivity index (χ0n) is 11.9. The van der Waals surface area contributed by atoms with Gasteiger partial charge in [-0.1, -0.05) is 12.6 Å². The third-order valence-electron chi connectivity index (χ3n) is 3.66. The molecule has 2 rings (SSSR count). The predicted octanol–water partition coefficient (Wildman–Crippen LogP) is 2.77. The van der Waals surface area contributed by atoms with Crippen molar-refractivity contribution in [2.24, 2.45) is 0 Å². The summed E-state index contributed by atoms with van der Waals surface area (Å²) in [5.41, 5.74) is 1.74. The van der Waals surface area contributed by atoms with Gasteiger partial charge in [-0.3, -0.25) is 0 Å². The van der Waals surface area contributed by atoms with Crippen LogP contribution in [0.15, 0.2) is 30.6 Å². The summed E-state index contributed by atoms with van der Waals surface area (Å²) < 4.78 is 12.8. The number of hydrogen-bond acceptors (Lipinski definition) is 3. The lowest BCUT2D eigenvalue weighted by molar-refractivity contribution is 0.167. The van der Waals surface area contributed by atoms with E-state index >= 15 is 0 Å². The Kier molecular flexibility index (Phi) is 4.08. The first-order chi connectivity index (χ1) is 9.02. The van der Waals surface area contributed by atoms with E-state index in [0.717, 1.165) is 24.5 Å². The van der Waals surface area contributed by atoms with Gasteiger partial charge in [0.25, 0.3) is 0 Å². The van der Waals surface area contributed by atoms with Crippen LogP contribution in [-0.2, 0) is 0 Å². The molecular weight excluding hydrogens is 241 g/mol. The van der Waals surface area contributed by atoms with Crippen LogP contribution in [0.1, 0.15) is 19.4 Å². The molecule has 4 heteroatoms. The third-order valence-corrected chi connectivity index (χ3v) is 3.66. The summed E-state index contributed by atoms with van der Waals surface area (Å²) in [6.07, 6.45) is 1.89. The summed E-state index contributed by atoms with van der Waals surface area (Å²) in [5, 5.41) is 0. The zero-order valence-corrected chi connectivity index (χ0v) is 11.9. The van der Waals surface area contributed by atoms with Gasteiger partial charge in [0.15, 0.2) is 0 Å². The van der Waals surface area contributed by atoms with E-state index in [9.17, 15) is 4.39 Å². The van der Waals surface area contributed by atoms with E-state index in [0.29, 0.717) is 5.70 Å². The largest absolute Gasteiger partial charge is 0.364 e. The molecule has 19 heavy (non-hydrogen) atoms. The van der Waals surface area contributed by atoms with Crippen molar-refractivity contribution in [3.63, 3.8) is 0 Å². The molecule has 3 nitrogen and oxygen atoms in total. The second-order valence-corrected chi connectivity index (χ2v) is 5.40. The molecule has 0 N–H and O–H groups in total. The standard InChI is InChI=1S/C15H22FN3/c1-11-5-6-15(17-8-11)18-9-13(3)19(12(2)7-16)14(4)10-18/h5-6,8,13-14H,2,7,9-10H2,1,3-4H3/t13-,14+. The molecule has 1 aromatic rings. The van der Waals surface area contributed by atoms with Crippen LogP contribution >= 0.6 is 0 Å². The number of rotatable bonds is 3. The van der Waals surface area contributed by atoms with Gasteiger partial charge in [-0.05, 0) is 32.4 Å². The first kappa shape index (κ1) is 13.8. The molecule has 0 saturated carbocycles. The van der Waals surface area contributed by atoms with Gasteiger partial charge in [-0.2, -0.15) is 0 Å². The monoisotopic (exact) mass is 263 g/mol. The number of halogens is 1. The SMILES string of the molecule is C=C(CF)N1[C@H](C)CN(c2ccc(C)cn2)C[C@@H]1C. The molecule has 1 fully saturated rings. The third kappa shape index (κ3) is 2.88. The van der Waals surface area contributed by atoms with E-state index in [-0.39, 0.29) is 12.1 Å². The number of piperazine rings is 1. The predicted molar refractivity (Wildman–Crippen MR) is 77.1 cm³/mol. The number of nitrogens with zero attached hydrogens (tertiary/aromatic N) is 3. The highest BCUT2D eigenvalue weighted by atomic mass is 19.1. The van der Waals surface area contributed by atoms with Crippen LogP contribution in [0.5, 0.6) is 0 Å². The van der Waals surface area contributed by atoms with Crippen molar-refractivity contribution in [2.75, 3.05) is 24.7 Å². The topological polar surface area (TPSA) is 19.4 Å². The molecule has 1 aromatic heterocycles. The lowest BCUT2D eigenvalue weighted by Crippen LogP contribution is -2.56. The molecule has 0 bridgehead atoms. The fourth-order valence-corrected chi connectivity index (χ4v) is 2.85. The molecular formula is C15H22FN3. The van der Waals surface area contributed by atoms with E-state index < -0.39 is 6.67 Å². The highest BCUT2D eigenvalue weighted by molar-refractivity contribution is 5.40. The Morgan fingerprint density at radius 3 is 2.47 bits per heavy atom. The number of hydrogen-bond donors (Lipinski definition) is 0. The highest BCUT2D eigenvalue weighted by Crippen LogP contribution is 2.24. The molecule has 0 spiro atoms. The smallest absolute Gasteiger partial charge is 0.128 e. The van der Waals surface area contributed by atoms with Crippen molar-refractivity contribution >= 4 is 5.82 Å². The summed E-state index contributed by atoms with van der Waals surface area (Å²) in [4.78, 5) is 8.82. The van der Waals surface area contributed by atoms with Crippen LogP contribution in [-0.4, -0.2) is 41.7 Å². The van der Waals surface area contributed by atoms with Crippen molar-refractivity contribution in [2.45, 2.75) is 32.9 Å². The second-order valence-electron chi connectivity index (χ2n) is 5.40. The molecule has 0 radical (unpaired) electrons. The Morgan fingerprint density at radius 1 is 1.37 bits per heavy atom. The van der Waals surface area contributed by atoms with E-state index in [1.165, 1.54) is 0 Å². The van der Waals surface area contributed by atoms with Gasteiger partial charge < -0.3 is 9.80 Å². The molecule has 1 aliphatic heterocycles. The molecule has 1 saturated heterocycles. The minimum Gasteiger partial charge on any atom is -0.364 e. The number of aryl methyl sites for hydroxylation is 1. The van der Waals surface area contributed by atoms with E-state index in [1.54, 1.807) is 0 Å². The number of pyridine rings is 1. The summed E-state index contributed by atoms with van der Waals surface area (Å²) >= 11 is 0. The van der Waals surface area contributed by atoms with E-state index in [2.05, 4.69) is 47.3 Å². The molecule has 1 aliphatic rings. The quantitative estimate of drug-likeness (QED) is 0.836. The van der Waals surface area contributed by atoms with Gasteiger partial charge in [-0.15, -0.1) is 0 Å². The van der Waals surface area contributed by atoms with Gasteiger partial charge in [0.2, 0.25) is 0 Å². The Hall–Kier alpha value is -1.58. The van der Waals surface area contributed by atoms with Gasteiger partial charge in [0.1, 0.15) is 12.5 Å². The van der Waals surface area contributed by atoms with Crippen LogP contribution in [0.4, 0.5) is 10.2 Å². The van der Waals surface area contributed by atoms with Gasteiger partial charge >= 0.3 is 0 Å². The molecule has 2 atom stereocenters. The zero-order chi connectivity index (χ0) is 14.0. The van der Waals surface area contributed by atoms with Crippen molar-refractivity contribution < 1.29 is 4.39 Å². The normalized spacial score (nSPS) is 23.6.